The first-order valence-corrected chi connectivity index (χ1v) is 4.02. The summed E-state index contributed by atoms with van der Waals surface area (Å²) in [5.41, 5.74) is 7.65. The molecule has 0 bridgehead atoms. The van der Waals surface area contributed by atoms with E-state index in [9.17, 15) is 0 Å². The molecule has 1 rings (SSSR count). The molecule has 0 amide bonds. The molecule has 0 aliphatic rings. The quantitative estimate of drug-likeness (QED) is 0.709. The summed E-state index contributed by atoms with van der Waals surface area (Å²) in [7, 11) is 0. The summed E-state index contributed by atoms with van der Waals surface area (Å²) in [5, 5.41) is 0. The molecule has 2 heteroatoms. The molecule has 2 nitrogen and oxygen atoms in total. The van der Waals surface area contributed by atoms with Crippen LogP contribution in [0.25, 0.3) is 0 Å². The fourth-order valence-corrected chi connectivity index (χ4v) is 1.27. The van der Waals surface area contributed by atoms with Gasteiger partial charge in [0.2, 0.25) is 0 Å². The third kappa shape index (κ3) is 1.39. The van der Waals surface area contributed by atoms with Gasteiger partial charge in [-0.1, -0.05) is 20.8 Å². The van der Waals surface area contributed by atoms with Crippen LogP contribution < -0.4 is 5.73 Å². The summed E-state index contributed by atoms with van der Waals surface area (Å²) < 4.78 is 5.32. The second-order valence-electron chi connectivity index (χ2n) is 3.04. The van der Waals surface area contributed by atoms with Crippen LogP contribution in [0.3, 0.4) is 0 Å². The van der Waals surface area contributed by atoms with Gasteiger partial charge < -0.3 is 10.2 Å². The monoisotopic (exact) mass is 153 g/mol. The summed E-state index contributed by atoms with van der Waals surface area (Å²) in [5.74, 6) is 1.47. The number of hydrogen-bond donors (Lipinski definition) is 1. The standard InChI is InChI=1S/C9H15NO/c1-4-7-8(10)5-11-9(7)6(2)3/h5-6H,4,10H2,1-3H3. The molecule has 0 aliphatic heterocycles. The third-order valence-corrected chi connectivity index (χ3v) is 1.84. The van der Waals surface area contributed by atoms with Gasteiger partial charge in [-0.25, -0.2) is 0 Å². The Morgan fingerprint density at radius 3 is 2.55 bits per heavy atom. The highest BCUT2D eigenvalue weighted by Gasteiger charge is 2.11. The van der Waals surface area contributed by atoms with Crippen LogP contribution in [0.5, 0.6) is 0 Å². The molecule has 1 aromatic rings. The minimum atomic E-state index is 0.433. The maximum atomic E-state index is 5.70. The molecule has 0 aromatic carbocycles. The normalized spacial score (nSPS) is 10.9. The van der Waals surface area contributed by atoms with Crippen molar-refractivity contribution in [1.82, 2.24) is 0 Å². The van der Waals surface area contributed by atoms with Crippen molar-refractivity contribution in [3.8, 4) is 0 Å². The van der Waals surface area contributed by atoms with E-state index >= 15 is 0 Å². The first-order valence-electron chi connectivity index (χ1n) is 4.02. The number of anilines is 1. The van der Waals surface area contributed by atoms with Gasteiger partial charge in [0.1, 0.15) is 12.0 Å². The van der Waals surface area contributed by atoms with Crippen molar-refractivity contribution in [2.75, 3.05) is 5.73 Å². The molecule has 62 valence electrons. The molecule has 0 atom stereocenters. The van der Waals surface area contributed by atoms with Crippen molar-refractivity contribution in [3.05, 3.63) is 17.6 Å². The largest absolute Gasteiger partial charge is 0.467 e. The SMILES string of the molecule is CCc1c(N)coc1C(C)C. The van der Waals surface area contributed by atoms with Gasteiger partial charge >= 0.3 is 0 Å². The van der Waals surface area contributed by atoms with Crippen molar-refractivity contribution >= 4 is 5.69 Å². The number of nitrogen functional groups attached to an aromatic ring is 1. The maximum Gasteiger partial charge on any atom is 0.114 e. The first-order chi connectivity index (χ1) is 5.16. The third-order valence-electron chi connectivity index (χ3n) is 1.84. The van der Waals surface area contributed by atoms with Crippen LogP contribution in [0, 0.1) is 0 Å². The van der Waals surface area contributed by atoms with E-state index in [-0.39, 0.29) is 0 Å². The molecule has 0 radical (unpaired) electrons. The Hall–Kier alpha value is -0.920. The summed E-state index contributed by atoms with van der Waals surface area (Å²) >= 11 is 0. The summed E-state index contributed by atoms with van der Waals surface area (Å²) in [6.07, 6.45) is 2.59. The second kappa shape index (κ2) is 2.99. The van der Waals surface area contributed by atoms with Gasteiger partial charge in [0.15, 0.2) is 0 Å². The van der Waals surface area contributed by atoms with E-state index < -0.39 is 0 Å². The van der Waals surface area contributed by atoms with Crippen molar-refractivity contribution in [2.24, 2.45) is 0 Å². The van der Waals surface area contributed by atoms with E-state index in [4.69, 9.17) is 10.2 Å². The number of nitrogens with two attached hydrogens (primary N) is 1. The van der Waals surface area contributed by atoms with Crippen LogP contribution in [-0.2, 0) is 6.42 Å². The Morgan fingerprint density at radius 1 is 1.55 bits per heavy atom. The highest BCUT2D eigenvalue weighted by molar-refractivity contribution is 5.47. The lowest BCUT2D eigenvalue weighted by Gasteiger charge is -2.02. The Kier molecular flexibility index (Phi) is 2.22. The van der Waals surface area contributed by atoms with Gasteiger partial charge in [-0.15, -0.1) is 0 Å². The van der Waals surface area contributed by atoms with Gasteiger partial charge in [0.25, 0.3) is 0 Å². The topological polar surface area (TPSA) is 39.2 Å². The van der Waals surface area contributed by atoms with E-state index in [1.165, 1.54) is 5.56 Å². The van der Waals surface area contributed by atoms with Crippen LogP contribution in [0.1, 0.15) is 38.0 Å². The van der Waals surface area contributed by atoms with E-state index in [1.807, 2.05) is 0 Å². The zero-order valence-corrected chi connectivity index (χ0v) is 7.35. The lowest BCUT2D eigenvalue weighted by molar-refractivity contribution is 0.482. The second-order valence-corrected chi connectivity index (χ2v) is 3.04. The average Bonchev–Trinajstić information content (AvgIpc) is 2.30. The van der Waals surface area contributed by atoms with Crippen LogP contribution in [-0.4, -0.2) is 0 Å². The highest BCUT2D eigenvalue weighted by atomic mass is 16.3. The summed E-state index contributed by atoms with van der Waals surface area (Å²) in [6, 6.07) is 0. The zero-order valence-electron chi connectivity index (χ0n) is 7.35. The Bertz CT molecular complexity index is 238. The molecular formula is C9H15NO. The molecule has 0 saturated carbocycles. The molecular weight excluding hydrogens is 138 g/mol. The molecule has 0 fully saturated rings. The number of rotatable bonds is 2. The molecule has 11 heavy (non-hydrogen) atoms. The van der Waals surface area contributed by atoms with Crippen LogP contribution in [0.15, 0.2) is 10.7 Å². The van der Waals surface area contributed by atoms with E-state index in [2.05, 4.69) is 20.8 Å². The fraction of sp³-hybridized carbons (Fsp3) is 0.556. The molecule has 0 spiro atoms. The maximum absolute atomic E-state index is 5.70. The Balaban J connectivity index is 3.05. The van der Waals surface area contributed by atoms with Gasteiger partial charge in [0.05, 0.1) is 5.69 Å². The minimum Gasteiger partial charge on any atom is -0.467 e. The predicted molar refractivity (Wildman–Crippen MR) is 46.6 cm³/mol. The zero-order chi connectivity index (χ0) is 8.43. The van der Waals surface area contributed by atoms with Crippen molar-refractivity contribution in [3.63, 3.8) is 0 Å². The fourth-order valence-electron chi connectivity index (χ4n) is 1.27. The number of hydrogen-bond acceptors (Lipinski definition) is 2. The van der Waals surface area contributed by atoms with Gasteiger partial charge in [0, 0.05) is 11.5 Å². The van der Waals surface area contributed by atoms with E-state index in [0.717, 1.165) is 17.9 Å². The van der Waals surface area contributed by atoms with Gasteiger partial charge in [-0.05, 0) is 6.42 Å². The molecule has 2 N–H and O–H groups in total. The first kappa shape index (κ1) is 8.18. The van der Waals surface area contributed by atoms with Gasteiger partial charge in [-0.2, -0.15) is 0 Å². The van der Waals surface area contributed by atoms with Crippen LogP contribution in [0.2, 0.25) is 0 Å². The minimum absolute atomic E-state index is 0.433. The van der Waals surface area contributed by atoms with Gasteiger partial charge in [-0.3, -0.25) is 0 Å². The molecule has 1 aromatic heterocycles. The smallest absolute Gasteiger partial charge is 0.114 e. The molecule has 1 heterocycles. The lowest BCUT2D eigenvalue weighted by atomic mass is 10.0. The van der Waals surface area contributed by atoms with Crippen molar-refractivity contribution in [1.29, 1.82) is 0 Å². The average molecular weight is 153 g/mol. The van der Waals surface area contributed by atoms with Crippen LogP contribution in [0.4, 0.5) is 5.69 Å². The van der Waals surface area contributed by atoms with Crippen molar-refractivity contribution in [2.45, 2.75) is 33.1 Å². The molecule has 0 saturated heterocycles. The summed E-state index contributed by atoms with van der Waals surface area (Å²) in [6.45, 7) is 6.31. The summed E-state index contributed by atoms with van der Waals surface area (Å²) in [4.78, 5) is 0. The van der Waals surface area contributed by atoms with E-state index in [0.29, 0.717) is 5.92 Å². The lowest BCUT2D eigenvalue weighted by Crippen LogP contribution is -1.93. The Labute approximate surface area is 67.4 Å². The molecule has 0 aliphatic carbocycles. The van der Waals surface area contributed by atoms with E-state index in [1.54, 1.807) is 6.26 Å². The molecule has 0 unspecified atom stereocenters. The highest BCUT2D eigenvalue weighted by Crippen LogP contribution is 2.26. The predicted octanol–water partition coefficient (Wildman–Crippen LogP) is 2.55. The number of furan rings is 1. The van der Waals surface area contributed by atoms with Crippen LogP contribution >= 0.6 is 0 Å². The van der Waals surface area contributed by atoms with Crippen molar-refractivity contribution < 1.29 is 4.42 Å². The Morgan fingerprint density at radius 2 is 2.18 bits per heavy atom.